The molecule has 1 aliphatic heterocycles. The van der Waals surface area contributed by atoms with Crippen molar-refractivity contribution in [3.8, 4) is 0 Å². The first-order valence-corrected chi connectivity index (χ1v) is 8.27. The van der Waals surface area contributed by atoms with Crippen LogP contribution in [0.15, 0.2) is 29.8 Å². The minimum Gasteiger partial charge on any atom is -0.501 e. The second-order valence-corrected chi connectivity index (χ2v) is 7.22. The lowest BCUT2D eigenvalue weighted by molar-refractivity contribution is -0.132. The highest BCUT2D eigenvalue weighted by Gasteiger charge is 2.50. The van der Waals surface area contributed by atoms with Gasteiger partial charge in [0, 0.05) is 10.6 Å². The third-order valence-electron chi connectivity index (χ3n) is 3.24. The fraction of sp³-hybridized carbons (Fsp3) is 0.308. The van der Waals surface area contributed by atoms with E-state index in [2.05, 4.69) is 0 Å². The standard InChI is InChI=1S/C13H13ClFNO5S/c1-3-22(19,20)16-12-10(17)11(18)13(2,21-12)8-6-7(14)4-5-9(8)15/h4-6,16-17H,3H2,1-2H3. The Morgan fingerprint density at radius 3 is 2.68 bits per heavy atom. The van der Waals surface area contributed by atoms with Gasteiger partial charge in [-0.05, 0) is 32.0 Å². The quantitative estimate of drug-likeness (QED) is 0.866. The molecule has 0 bridgehead atoms. The van der Waals surface area contributed by atoms with Crippen molar-refractivity contribution in [2.75, 3.05) is 5.75 Å². The summed E-state index contributed by atoms with van der Waals surface area (Å²) in [4.78, 5) is 12.2. The molecule has 0 aliphatic carbocycles. The van der Waals surface area contributed by atoms with Crippen LogP contribution in [0, 0.1) is 5.82 Å². The molecule has 1 aromatic rings. The number of hydrogen-bond acceptors (Lipinski definition) is 5. The maximum absolute atomic E-state index is 14.0. The van der Waals surface area contributed by atoms with Crippen molar-refractivity contribution in [2.45, 2.75) is 19.4 Å². The number of rotatable bonds is 4. The fourth-order valence-corrected chi connectivity index (χ4v) is 2.69. The Morgan fingerprint density at radius 1 is 1.45 bits per heavy atom. The summed E-state index contributed by atoms with van der Waals surface area (Å²) in [7, 11) is -3.77. The lowest BCUT2D eigenvalue weighted by atomic mass is 9.91. The van der Waals surface area contributed by atoms with E-state index in [1.165, 1.54) is 26.0 Å². The molecular weight excluding hydrogens is 337 g/mol. The molecule has 0 fully saturated rings. The monoisotopic (exact) mass is 349 g/mol. The molecule has 0 radical (unpaired) electrons. The van der Waals surface area contributed by atoms with Gasteiger partial charge in [-0.25, -0.2) is 12.8 Å². The summed E-state index contributed by atoms with van der Waals surface area (Å²) < 4.78 is 44.2. The Hall–Kier alpha value is -1.80. The maximum Gasteiger partial charge on any atom is 0.250 e. The first-order valence-electron chi connectivity index (χ1n) is 6.24. The van der Waals surface area contributed by atoms with Crippen molar-refractivity contribution in [1.29, 1.82) is 0 Å². The summed E-state index contributed by atoms with van der Waals surface area (Å²) in [6.07, 6.45) is 0. The zero-order valence-electron chi connectivity index (χ0n) is 11.7. The van der Waals surface area contributed by atoms with Gasteiger partial charge in [0.25, 0.3) is 5.78 Å². The summed E-state index contributed by atoms with van der Waals surface area (Å²) >= 11 is 5.79. The van der Waals surface area contributed by atoms with Crippen molar-refractivity contribution in [2.24, 2.45) is 0 Å². The van der Waals surface area contributed by atoms with E-state index in [-0.39, 0.29) is 16.3 Å². The normalized spacial score (nSPS) is 21.9. The fourth-order valence-electron chi connectivity index (χ4n) is 1.95. The number of aliphatic hydroxyl groups is 1. The third kappa shape index (κ3) is 2.76. The van der Waals surface area contributed by atoms with Crippen molar-refractivity contribution in [3.63, 3.8) is 0 Å². The van der Waals surface area contributed by atoms with E-state index in [0.29, 0.717) is 0 Å². The molecule has 6 nitrogen and oxygen atoms in total. The Morgan fingerprint density at radius 2 is 2.09 bits per heavy atom. The molecule has 120 valence electrons. The van der Waals surface area contributed by atoms with Gasteiger partial charge in [0.1, 0.15) is 5.82 Å². The predicted octanol–water partition coefficient (Wildman–Crippen LogP) is 1.96. The van der Waals surface area contributed by atoms with Crippen molar-refractivity contribution in [3.05, 3.63) is 46.2 Å². The average Bonchev–Trinajstić information content (AvgIpc) is 2.66. The van der Waals surface area contributed by atoms with Crippen molar-refractivity contribution >= 4 is 27.4 Å². The van der Waals surface area contributed by atoms with Gasteiger partial charge < -0.3 is 9.84 Å². The van der Waals surface area contributed by atoms with Crippen LogP contribution in [-0.4, -0.2) is 25.1 Å². The van der Waals surface area contributed by atoms with Crippen LogP contribution in [0.2, 0.25) is 5.02 Å². The van der Waals surface area contributed by atoms with Crippen LogP contribution < -0.4 is 4.72 Å². The van der Waals surface area contributed by atoms with Crippen LogP contribution >= 0.6 is 11.6 Å². The maximum atomic E-state index is 14.0. The molecule has 1 atom stereocenters. The van der Waals surface area contributed by atoms with Gasteiger partial charge in [-0.1, -0.05) is 11.6 Å². The van der Waals surface area contributed by atoms with Gasteiger partial charge >= 0.3 is 0 Å². The molecule has 0 amide bonds. The number of hydrogen-bond donors (Lipinski definition) is 2. The molecule has 1 aliphatic rings. The highest BCUT2D eigenvalue weighted by molar-refractivity contribution is 7.89. The summed E-state index contributed by atoms with van der Waals surface area (Å²) in [5, 5.41) is 9.96. The summed E-state index contributed by atoms with van der Waals surface area (Å²) in [6.45, 7) is 2.58. The second kappa shape index (κ2) is 5.44. The largest absolute Gasteiger partial charge is 0.501 e. The van der Waals surface area contributed by atoms with E-state index < -0.39 is 38.9 Å². The first kappa shape index (κ1) is 16.6. The summed E-state index contributed by atoms with van der Waals surface area (Å²) in [5.41, 5.74) is -2.12. The zero-order chi connectivity index (χ0) is 16.7. The van der Waals surface area contributed by atoms with Crippen LogP contribution in [0.25, 0.3) is 0 Å². The predicted molar refractivity (Wildman–Crippen MR) is 77.1 cm³/mol. The first-order chi connectivity index (χ1) is 10.1. The molecule has 22 heavy (non-hydrogen) atoms. The number of nitrogens with one attached hydrogen (secondary N) is 1. The molecule has 1 aromatic carbocycles. The number of benzene rings is 1. The van der Waals surface area contributed by atoms with Crippen molar-refractivity contribution in [1.82, 2.24) is 4.72 Å². The van der Waals surface area contributed by atoms with Gasteiger partial charge in [-0.2, -0.15) is 0 Å². The smallest absolute Gasteiger partial charge is 0.250 e. The number of ketones is 1. The second-order valence-electron chi connectivity index (χ2n) is 4.77. The van der Waals surface area contributed by atoms with Crippen LogP contribution in [0.5, 0.6) is 0 Å². The third-order valence-corrected chi connectivity index (χ3v) is 4.73. The van der Waals surface area contributed by atoms with Gasteiger partial charge in [-0.15, -0.1) is 0 Å². The molecule has 1 unspecified atom stereocenters. The van der Waals surface area contributed by atoms with Gasteiger partial charge in [0.2, 0.25) is 27.3 Å². The van der Waals surface area contributed by atoms with E-state index in [0.717, 1.165) is 6.07 Å². The van der Waals surface area contributed by atoms with Crippen LogP contribution in [-0.2, 0) is 25.2 Å². The molecular formula is C13H13ClFNO5S. The molecule has 0 saturated heterocycles. The summed E-state index contributed by atoms with van der Waals surface area (Å²) in [6, 6.07) is 3.52. The highest BCUT2D eigenvalue weighted by atomic mass is 35.5. The Labute approximate surface area is 131 Å². The number of ether oxygens (including phenoxy) is 1. The Balaban J connectivity index is 2.45. The Bertz CT molecular complexity index is 777. The highest BCUT2D eigenvalue weighted by Crippen LogP contribution is 2.39. The van der Waals surface area contributed by atoms with Gasteiger partial charge in [-0.3, -0.25) is 9.52 Å². The molecule has 0 aromatic heterocycles. The molecule has 2 N–H and O–H groups in total. The molecule has 0 spiro atoms. The van der Waals surface area contributed by atoms with Crippen LogP contribution in [0.4, 0.5) is 4.39 Å². The van der Waals surface area contributed by atoms with E-state index in [1.807, 2.05) is 4.72 Å². The van der Waals surface area contributed by atoms with Crippen LogP contribution in [0.3, 0.4) is 0 Å². The molecule has 1 heterocycles. The van der Waals surface area contributed by atoms with E-state index >= 15 is 0 Å². The number of sulfonamides is 1. The molecule has 9 heteroatoms. The van der Waals surface area contributed by atoms with Crippen LogP contribution in [0.1, 0.15) is 19.4 Å². The average molecular weight is 350 g/mol. The number of aliphatic hydroxyl groups excluding tert-OH is 1. The lowest BCUT2D eigenvalue weighted by Crippen LogP contribution is -2.33. The zero-order valence-corrected chi connectivity index (χ0v) is 13.3. The van der Waals surface area contributed by atoms with E-state index in [9.17, 15) is 22.7 Å². The number of halogens is 2. The minimum atomic E-state index is -3.77. The number of Topliss-reactive ketones (excluding diaryl/α,β-unsaturated/α-hetero) is 1. The Kier molecular flexibility index (Phi) is 4.09. The summed E-state index contributed by atoms with van der Waals surface area (Å²) in [5.74, 6) is -3.58. The number of carbonyl (C=O) groups is 1. The van der Waals surface area contributed by atoms with E-state index in [4.69, 9.17) is 16.3 Å². The van der Waals surface area contributed by atoms with Gasteiger partial charge in [0.15, 0.2) is 0 Å². The minimum absolute atomic E-state index is 0.163. The van der Waals surface area contributed by atoms with Gasteiger partial charge in [0.05, 0.1) is 5.75 Å². The topological polar surface area (TPSA) is 92.7 Å². The lowest BCUT2D eigenvalue weighted by Gasteiger charge is -2.24. The van der Waals surface area contributed by atoms with E-state index in [1.54, 1.807) is 0 Å². The molecule has 2 rings (SSSR count). The molecule has 0 saturated carbocycles. The van der Waals surface area contributed by atoms with Crippen molar-refractivity contribution < 1.29 is 27.4 Å². The number of carbonyl (C=O) groups excluding carboxylic acids is 1. The SMILES string of the molecule is CCS(=O)(=O)NC1=C(O)C(=O)C(C)(c2cc(Cl)ccc2F)O1.